The molecule has 2 bridgehead atoms. The van der Waals surface area contributed by atoms with E-state index in [1.54, 1.807) is 6.20 Å². The maximum atomic E-state index is 17.2. The van der Waals surface area contributed by atoms with E-state index in [1.807, 2.05) is 37.1 Å². The van der Waals surface area contributed by atoms with E-state index in [0.717, 1.165) is 94.8 Å². The molecule has 0 aliphatic carbocycles. The van der Waals surface area contributed by atoms with Gasteiger partial charge in [0.1, 0.15) is 41.5 Å². The Labute approximate surface area is 372 Å². The van der Waals surface area contributed by atoms with Crippen LogP contribution >= 0.6 is 0 Å². The first-order chi connectivity index (χ1) is 31.1. The zero-order valence-corrected chi connectivity index (χ0v) is 36.6. The van der Waals surface area contributed by atoms with Gasteiger partial charge in [0, 0.05) is 86.2 Å². The summed E-state index contributed by atoms with van der Waals surface area (Å²) >= 11 is 0. The van der Waals surface area contributed by atoms with Crippen LogP contribution in [0.2, 0.25) is 0 Å². The van der Waals surface area contributed by atoms with Gasteiger partial charge in [0.25, 0.3) is 0 Å². The van der Waals surface area contributed by atoms with Gasteiger partial charge in [0.15, 0.2) is 5.82 Å². The fourth-order valence-corrected chi connectivity index (χ4v) is 10.8. The molecule has 4 fully saturated rings. The van der Waals surface area contributed by atoms with Crippen molar-refractivity contribution in [2.75, 3.05) is 56.6 Å². The van der Waals surface area contributed by atoms with Gasteiger partial charge in [-0.25, -0.2) is 8.78 Å². The molecule has 0 spiro atoms. The smallest absolute Gasteiger partial charge is 0.319 e. The van der Waals surface area contributed by atoms with E-state index in [0.29, 0.717) is 54.8 Å². The van der Waals surface area contributed by atoms with E-state index in [1.165, 1.54) is 24.3 Å². The highest BCUT2D eigenvalue weighted by atomic mass is 19.1. The van der Waals surface area contributed by atoms with E-state index < -0.39 is 11.6 Å². The zero-order chi connectivity index (χ0) is 44.5. The summed E-state index contributed by atoms with van der Waals surface area (Å²) in [5.74, 6) is 1.59. The van der Waals surface area contributed by atoms with Crippen molar-refractivity contribution >= 4 is 45.4 Å². The summed E-state index contributed by atoms with van der Waals surface area (Å²) in [4.78, 5) is 45.4. The minimum Gasteiger partial charge on any atom is -0.508 e. The van der Waals surface area contributed by atoms with Crippen molar-refractivity contribution in [2.45, 2.75) is 101 Å². The first kappa shape index (κ1) is 43.3. The molecule has 6 heterocycles. The number of benzene rings is 3. The van der Waals surface area contributed by atoms with Gasteiger partial charge in [0.2, 0.25) is 5.91 Å². The highest BCUT2D eigenvalue weighted by Gasteiger charge is 2.50. The van der Waals surface area contributed by atoms with E-state index in [-0.39, 0.29) is 69.1 Å². The molecule has 0 saturated carbocycles. The number of aromatic nitrogens is 3. The number of fused-ring (bicyclic) bond motifs is 5. The van der Waals surface area contributed by atoms with Crippen molar-refractivity contribution < 1.29 is 28.2 Å². The number of nitrogens with zero attached hydrogens (tertiary/aromatic N) is 6. The predicted octanol–water partition coefficient (Wildman–Crippen LogP) is 7.77. The fraction of sp³-hybridized carbons (Fsp3) is 0.460. The van der Waals surface area contributed by atoms with E-state index >= 15 is 8.78 Å². The number of likely N-dealkylation sites (N-methyl/N-ethyl adjacent to an activating group) is 1. The molecule has 0 radical (unpaired) electrons. The minimum atomic E-state index is -0.747. The lowest BCUT2D eigenvalue weighted by molar-refractivity contribution is -0.130. The van der Waals surface area contributed by atoms with E-state index in [9.17, 15) is 14.7 Å². The summed E-state index contributed by atoms with van der Waals surface area (Å²) in [5, 5.41) is 18.9. The molecule has 4 unspecified atom stereocenters. The average Bonchev–Trinajstić information content (AvgIpc) is 3.98. The van der Waals surface area contributed by atoms with Gasteiger partial charge in [-0.05, 0) is 100 Å². The normalized spacial score (nSPS) is 21.6. The van der Waals surface area contributed by atoms with Crippen LogP contribution in [0.5, 0.6) is 11.8 Å². The molecular formula is C50H56F2N8O4. The standard InChI is InChI=1S/C50H56F2N8O4/c1-4-38-41(51)17-14-32-23-37(62)24-39(44(32)38)46-45(52)47-40(25-54-46)48(59-26-34-15-16-35(27-59)55-34)57-49(56-47)64-30-50-19-10-22-60(50)36(18-20-50)28-58(3)43(63)13-7-5-6-8-21-53-42-12-9-11-33(29-61)31(42)2/h1,9,11-12,14,17,23-25,29,34-36,53,55,62H,5-8,10,13,15-16,18-22,26-28,30H2,2-3H3. The van der Waals surface area contributed by atoms with Crippen molar-refractivity contribution in [3.63, 3.8) is 0 Å². The van der Waals surface area contributed by atoms with Crippen molar-refractivity contribution in [1.82, 2.24) is 30.1 Å². The maximum Gasteiger partial charge on any atom is 0.319 e. The van der Waals surface area contributed by atoms with Gasteiger partial charge in [0.05, 0.1) is 16.5 Å². The Bertz CT molecular complexity index is 2630. The Morgan fingerprint density at radius 2 is 1.91 bits per heavy atom. The molecule has 3 N–H and O–H groups in total. The highest BCUT2D eigenvalue weighted by Crippen LogP contribution is 2.44. The van der Waals surface area contributed by atoms with Crippen LogP contribution in [0.1, 0.15) is 92.1 Å². The lowest BCUT2D eigenvalue weighted by atomic mass is 9.95. The van der Waals surface area contributed by atoms with E-state index in [4.69, 9.17) is 21.1 Å². The number of hydrogen-bond acceptors (Lipinski definition) is 11. The number of unbranched alkanes of at least 4 members (excludes halogenated alkanes) is 3. The molecule has 4 aliphatic rings. The Kier molecular flexibility index (Phi) is 12.4. The second-order valence-electron chi connectivity index (χ2n) is 18.2. The summed E-state index contributed by atoms with van der Waals surface area (Å²) in [6.07, 6.45) is 18.4. The molecule has 64 heavy (non-hydrogen) atoms. The number of carbonyl (C=O) groups excluding carboxylic acids is 2. The molecule has 4 atom stereocenters. The van der Waals surface area contributed by atoms with E-state index in [2.05, 4.69) is 31.3 Å². The number of anilines is 2. The van der Waals surface area contributed by atoms with Crippen LogP contribution in [-0.2, 0) is 4.79 Å². The Morgan fingerprint density at radius 3 is 2.70 bits per heavy atom. The first-order valence-corrected chi connectivity index (χ1v) is 22.8. The van der Waals surface area contributed by atoms with Crippen LogP contribution in [0.3, 0.4) is 0 Å². The second kappa shape index (κ2) is 18.3. The number of nitrogens with one attached hydrogen (secondary N) is 2. The van der Waals surface area contributed by atoms with Crippen molar-refractivity contribution in [1.29, 1.82) is 0 Å². The van der Waals surface area contributed by atoms with Gasteiger partial charge in [-0.1, -0.05) is 37.0 Å². The third kappa shape index (κ3) is 8.43. The van der Waals surface area contributed by atoms with Crippen LogP contribution in [0.15, 0.2) is 48.7 Å². The molecule has 5 aromatic rings. The number of rotatable bonds is 16. The number of pyridine rings is 1. The second-order valence-corrected chi connectivity index (χ2v) is 18.2. The number of phenols is 1. The Hall–Kier alpha value is -5.91. The summed E-state index contributed by atoms with van der Waals surface area (Å²) in [5.41, 5.74) is 2.39. The number of piperazine rings is 1. The van der Waals surface area contributed by atoms with Gasteiger partial charge in [-0.2, -0.15) is 9.97 Å². The third-order valence-electron chi connectivity index (χ3n) is 14.2. The monoisotopic (exact) mass is 870 g/mol. The zero-order valence-electron chi connectivity index (χ0n) is 36.6. The molecular weight excluding hydrogens is 815 g/mol. The number of carbonyl (C=O) groups is 2. The van der Waals surface area contributed by atoms with Crippen LogP contribution < -0.4 is 20.3 Å². The van der Waals surface area contributed by atoms with Crippen LogP contribution in [0.25, 0.3) is 32.9 Å². The number of terminal acetylenes is 1. The van der Waals surface area contributed by atoms with Gasteiger partial charge in [-0.3, -0.25) is 19.5 Å². The van der Waals surface area contributed by atoms with Gasteiger partial charge >= 0.3 is 6.01 Å². The summed E-state index contributed by atoms with van der Waals surface area (Å²) in [7, 11) is 1.91. The van der Waals surface area contributed by atoms with Crippen LogP contribution in [0.4, 0.5) is 20.3 Å². The van der Waals surface area contributed by atoms with Crippen LogP contribution in [0, 0.1) is 30.9 Å². The van der Waals surface area contributed by atoms with Crippen molar-refractivity contribution in [3.8, 4) is 35.4 Å². The quantitative estimate of drug-likeness (QED) is 0.0510. The number of hydrogen-bond donors (Lipinski definition) is 3. The number of halogens is 2. The third-order valence-corrected chi connectivity index (χ3v) is 14.2. The van der Waals surface area contributed by atoms with Gasteiger partial charge in [-0.15, -0.1) is 6.42 Å². The van der Waals surface area contributed by atoms with Crippen molar-refractivity contribution in [2.24, 2.45) is 0 Å². The van der Waals surface area contributed by atoms with Crippen LogP contribution in [-0.4, -0.2) is 112 Å². The number of amides is 1. The lowest BCUT2D eigenvalue weighted by Gasteiger charge is -2.36. The molecule has 9 rings (SSSR count). The average molecular weight is 871 g/mol. The predicted molar refractivity (Wildman–Crippen MR) is 245 cm³/mol. The number of aldehydes is 1. The topological polar surface area (TPSA) is 136 Å². The molecule has 334 valence electrons. The molecule has 3 aromatic carbocycles. The summed E-state index contributed by atoms with van der Waals surface area (Å²) in [6.45, 7) is 6.01. The first-order valence-electron chi connectivity index (χ1n) is 22.8. The Morgan fingerprint density at radius 1 is 1.09 bits per heavy atom. The molecule has 12 nitrogen and oxygen atoms in total. The largest absolute Gasteiger partial charge is 0.508 e. The number of phenolic OH excluding ortho intramolecular Hbond substituents is 1. The SMILES string of the molecule is C#Cc1c(F)ccc2cc(O)cc(-c3ncc4c(N5CC6CCC(C5)N6)nc(OCC56CCCN5C(CN(C)C(=O)CCCCCCNc5cccc(C=O)c5C)CC6)nc4c3F)c12. The van der Waals surface area contributed by atoms with Crippen molar-refractivity contribution in [3.05, 3.63) is 77.0 Å². The lowest BCUT2D eigenvalue weighted by Crippen LogP contribution is -2.51. The summed E-state index contributed by atoms with van der Waals surface area (Å²) in [6, 6.07) is 12.1. The Balaban J connectivity index is 0.884. The molecule has 2 aromatic heterocycles. The maximum absolute atomic E-state index is 17.2. The summed E-state index contributed by atoms with van der Waals surface area (Å²) < 4.78 is 38.8. The molecule has 4 saturated heterocycles. The number of ether oxygens (including phenoxy) is 1. The number of aromatic hydroxyl groups is 1. The minimum absolute atomic E-state index is 0.0179. The molecule has 14 heteroatoms. The molecule has 1 amide bonds. The fourth-order valence-electron chi connectivity index (χ4n) is 10.8. The molecule has 4 aliphatic heterocycles. The van der Waals surface area contributed by atoms with Gasteiger partial charge < -0.3 is 30.3 Å². The highest BCUT2D eigenvalue weighted by molar-refractivity contribution is 6.03.